The van der Waals surface area contributed by atoms with Gasteiger partial charge in [-0.3, -0.25) is 4.79 Å². The molecule has 0 aliphatic heterocycles. The van der Waals surface area contributed by atoms with Gasteiger partial charge in [-0.25, -0.2) is 4.52 Å². The molecule has 2 heterocycles. The lowest BCUT2D eigenvalue weighted by atomic mass is 10.1. The van der Waals surface area contributed by atoms with E-state index in [-0.39, 0.29) is 5.56 Å². The fourth-order valence-electron chi connectivity index (χ4n) is 3.18. The molecule has 0 bridgehead atoms. The second-order valence-electron chi connectivity index (χ2n) is 6.95. The van der Waals surface area contributed by atoms with Crippen LogP contribution in [0.4, 0.5) is 0 Å². The molecule has 0 saturated heterocycles. The van der Waals surface area contributed by atoms with Gasteiger partial charge in [-0.1, -0.05) is 37.1 Å². The number of hydrogen-bond acceptors (Lipinski definition) is 3. The Morgan fingerprint density at radius 3 is 2.66 bits per heavy atom. The molecular weight excluding hydrogens is 386 g/mol. The number of hydrogen-bond donors (Lipinski definition) is 0. The first kappa shape index (κ1) is 19.3. The first-order chi connectivity index (χ1) is 14.1. The van der Waals surface area contributed by atoms with Crippen LogP contribution in [0.25, 0.3) is 16.8 Å². The number of nitrogens with zero attached hydrogens (tertiary/aromatic N) is 3. The summed E-state index contributed by atoms with van der Waals surface area (Å²) < 4.78 is 8.99. The van der Waals surface area contributed by atoms with Crippen LogP contribution in [0.2, 0.25) is 5.02 Å². The maximum Gasteiger partial charge on any atom is 0.276 e. The summed E-state index contributed by atoms with van der Waals surface area (Å²) in [6.07, 6.45) is 5.69. The molecule has 6 heteroatoms. The van der Waals surface area contributed by atoms with Crippen molar-refractivity contribution >= 4 is 17.1 Å². The molecule has 4 aromatic rings. The van der Waals surface area contributed by atoms with Gasteiger partial charge in [0, 0.05) is 23.0 Å². The van der Waals surface area contributed by atoms with Crippen LogP contribution in [0.3, 0.4) is 0 Å². The number of unbranched alkanes of at least 4 members (excludes halogenated alkanes) is 1. The molecule has 2 aromatic heterocycles. The van der Waals surface area contributed by atoms with Crippen LogP contribution in [0.15, 0.2) is 71.8 Å². The molecule has 0 aliphatic carbocycles. The number of fused-ring (bicyclic) bond motifs is 1. The van der Waals surface area contributed by atoms with E-state index in [0.29, 0.717) is 17.1 Å². The summed E-state index contributed by atoms with van der Waals surface area (Å²) in [5.74, 6) is 0.842. The molecule has 0 saturated carbocycles. The van der Waals surface area contributed by atoms with Gasteiger partial charge in [-0.05, 0) is 54.4 Å². The van der Waals surface area contributed by atoms with Crippen LogP contribution in [0, 0.1) is 0 Å². The standard InChI is InChI=1S/C23H22ClN3O2/c1-2-3-13-29-20-9-7-18(8-10-20)21-15-22-23(28)26(11-12-27(22)25-21)16-17-5-4-6-19(24)14-17/h4-12,14-15H,2-3,13,16H2,1H3. The van der Waals surface area contributed by atoms with E-state index in [1.807, 2.05) is 54.6 Å². The van der Waals surface area contributed by atoms with Gasteiger partial charge in [-0.2, -0.15) is 5.10 Å². The van der Waals surface area contributed by atoms with E-state index in [9.17, 15) is 4.79 Å². The highest BCUT2D eigenvalue weighted by Crippen LogP contribution is 2.22. The van der Waals surface area contributed by atoms with Gasteiger partial charge < -0.3 is 9.30 Å². The molecule has 0 spiro atoms. The highest BCUT2D eigenvalue weighted by molar-refractivity contribution is 6.30. The summed E-state index contributed by atoms with van der Waals surface area (Å²) in [5, 5.41) is 5.21. The molecule has 4 rings (SSSR count). The van der Waals surface area contributed by atoms with Crippen molar-refractivity contribution in [2.24, 2.45) is 0 Å². The Balaban J connectivity index is 1.59. The Morgan fingerprint density at radius 2 is 1.90 bits per heavy atom. The van der Waals surface area contributed by atoms with E-state index < -0.39 is 0 Å². The third-order valence-electron chi connectivity index (χ3n) is 4.76. The van der Waals surface area contributed by atoms with Gasteiger partial charge in [0.05, 0.1) is 18.8 Å². The van der Waals surface area contributed by atoms with Crippen LogP contribution in [0.5, 0.6) is 5.75 Å². The number of benzene rings is 2. The zero-order chi connectivity index (χ0) is 20.2. The van der Waals surface area contributed by atoms with Crippen molar-refractivity contribution in [2.75, 3.05) is 6.61 Å². The van der Waals surface area contributed by atoms with Crippen molar-refractivity contribution in [3.05, 3.63) is 87.9 Å². The lowest BCUT2D eigenvalue weighted by Crippen LogP contribution is -2.21. The molecule has 148 valence electrons. The van der Waals surface area contributed by atoms with Crippen LogP contribution in [-0.4, -0.2) is 20.8 Å². The summed E-state index contributed by atoms with van der Waals surface area (Å²) in [6.45, 7) is 3.31. The average molecular weight is 408 g/mol. The molecular formula is C23H22ClN3O2. The number of rotatable bonds is 7. The molecule has 2 aromatic carbocycles. The fourth-order valence-corrected chi connectivity index (χ4v) is 3.39. The topological polar surface area (TPSA) is 48.5 Å². The number of aromatic nitrogens is 3. The Labute approximate surface area is 174 Å². The Kier molecular flexibility index (Phi) is 5.67. The van der Waals surface area contributed by atoms with E-state index in [2.05, 4.69) is 12.0 Å². The van der Waals surface area contributed by atoms with E-state index in [0.717, 1.165) is 42.0 Å². The maximum absolute atomic E-state index is 12.9. The van der Waals surface area contributed by atoms with Crippen molar-refractivity contribution in [3.8, 4) is 17.0 Å². The molecule has 29 heavy (non-hydrogen) atoms. The minimum atomic E-state index is -0.0919. The summed E-state index contributed by atoms with van der Waals surface area (Å²) in [5.41, 5.74) is 3.11. The van der Waals surface area contributed by atoms with E-state index >= 15 is 0 Å². The first-order valence-electron chi connectivity index (χ1n) is 9.70. The Hall–Kier alpha value is -3.05. The van der Waals surface area contributed by atoms with Gasteiger partial charge in [-0.15, -0.1) is 0 Å². The second kappa shape index (κ2) is 8.53. The van der Waals surface area contributed by atoms with Gasteiger partial charge in [0.2, 0.25) is 0 Å². The van der Waals surface area contributed by atoms with Gasteiger partial charge in [0.1, 0.15) is 11.3 Å². The summed E-state index contributed by atoms with van der Waals surface area (Å²) in [6, 6.07) is 17.1. The lowest BCUT2D eigenvalue weighted by Gasteiger charge is -2.06. The lowest BCUT2D eigenvalue weighted by molar-refractivity contribution is 0.309. The summed E-state index contributed by atoms with van der Waals surface area (Å²) in [4.78, 5) is 12.9. The molecule has 0 fully saturated rings. The minimum absolute atomic E-state index is 0.0919. The zero-order valence-electron chi connectivity index (χ0n) is 16.2. The third-order valence-corrected chi connectivity index (χ3v) is 5.00. The highest BCUT2D eigenvalue weighted by Gasteiger charge is 2.10. The highest BCUT2D eigenvalue weighted by atomic mass is 35.5. The van der Waals surface area contributed by atoms with E-state index in [1.54, 1.807) is 21.5 Å². The summed E-state index contributed by atoms with van der Waals surface area (Å²) in [7, 11) is 0. The predicted molar refractivity (Wildman–Crippen MR) is 116 cm³/mol. The van der Waals surface area contributed by atoms with Crippen LogP contribution >= 0.6 is 11.6 Å². The second-order valence-corrected chi connectivity index (χ2v) is 7.38. The van der Waals surface area contributed by atoms with Gasteiger partial charge >= 0.3 is 0 Å². The molecule has 0 aliphatic rings. The van der Waals surface area contributed by atoms with Crippen molar-refractivity contribution in [3.63, 3.8) is 0 Å². The predicted octanol–water partition coefficient (Wildman–Crippen LogP) is 5.04. The number of halogens is 1. The van der Waals surface area contributed by atoms with Gasteiger partial charge in [0.15, 0.2) is 0 Å². The molecule has 0 N–H and O–H groups in total. The average Bonchev–Trinajstić information content (AvgIpc) is 3.16. The zero-order valence-corrected chi connectivity index (χ0v) is 17.0. The molecule has 0 amide bonds. The minimum Gasteiger partial charge on any atom is -0.494 e. The third kappa shape index (κ3) is 4.35. The van der Waals surface area contributed by atoms with E-state index in [4.69, 9.17) is 16.3 Å². The molecule has 0 atom stereocenters. The Bertz CT molecular complexity index is 1180. The van der Waals surface area contributed by atoms with Crippen LogP contribution in [0.1, 0.15) is 25.3 Å². The van der Waals surface area contributed by atoms with Crippen LogP contribution < -0.4 is 10.3 Å². The largest absolute Gasteiger partial charge is 0.494 e. The smallest absolute Gasteiger partial charge is 0.276 e. The molecule has 5 nitrogen and oxygen atoms in total. The monoisotopic (exact) mass is 407 g/mol. The van der Waals surface area contributed by atoms with Crippen molar-refractivity contribution in [2.45, 2.75) is 26.3 Å². The first-order valence-corrected chi connectivity index (χ1v) is 10.1. The van der Waals surface area contributed by atoms with Crippen LogP contribution in [-0.2, 0) is 6.54 Å². The Morgan fingerprint density at radius 1 is 1.07 bits per heavy atom. The molecule has 0 unspecified atom stereocenters. The van der Waals surface area contributed by atoms with Crippen molar-refractivity contribution < 1.29 is 4.74 Å². The number of ether oxygens (including phenoxy) is 1. The van der Waals surface area contributed by atoms with E-state index in [1.165, 1.54) is 0 Å². The molecule has 0 radical (unpaired) electrons. The quantitative estimate of drug-likeness (QED) is 0.403. The normalized spacial score (nSPS) is 11.1. The SMILES string of the molecule is CCCCOc1ccc(-c2cc3c(=O)n(Cc4cccc(Cl)c4)ccn3n2)cc1. The van der Waals surface area contributed by atoms with Gasteiger partial charge in [0.25, 0.3) is 5.56 Å². The summed E-state index contributed by atoms with van der Waals surface area (Å²) >= 11 is 6.05. The van der Waals surface area contributed by atoms with Crippen molar-refractivity contribution in [1.29, 1.82) is 0 Å². The van der Waals surface area contributed by atoms with Crippen molar-refractivity contribution in [1.82, 2.24) is 14.2 Å². The maximum atomic E-state index is 12.9. The fraction of sp³-hybridized carbons (Fsp3) is 0.217.